The number of ether oxygens (including phenoxy) is 2. The van der Waals surface area contributed by atoms with E-state index in [4.69, 9.17) is 9.47 Å². The van der Waals surface area contributed by atoms with E-state index < -0.39 is 33.2 Å². The topological polar surface area (TPSA) is 251 Å². The average molecular weight is 662 g/mol. The Bertz CT molecular complexity index is 1420. The van der Waals surface area contributed by atoms with E-state index in [1.807, 2.05) is 6.92 Å². The molecule has 1 aromatic carbocycles. The van der Waals surface area contributed by atoms with Gasteiger partial charge >= 0.3 is 12.1 Å². The lowest BCUT2D eigenvalue weighted by Crippen LogP contribution is -2.31. The molecule has 47 heavy (non-hydrogen) atoms. The molecule has 0 bridgehead atoms. The van der Waals surface area contributed by atoms with Crippen LogP contribution in [0, 0.1) is 20.2 Å². The van der Waals surface area contributed by atoms with E-state index in [1.54, 1.807) is 0 Å². The number of carbonyl (C=O) groups is 4. The first kappa shape index (κ1) is 36.1. The molecule has 1 fully saturated rings. The molecule has 2 aromatic rings. The minimum atomic E-state index is -0.782. The van der Waals surface area contributed by atoms with Crippen molar-refractivity contribution in [3.63, 3.8) is 0 Å². The van der Waals surface area contributed by atoms with Gasteiger partial charge in [0.15, 0.2) is 0 Å². The van der Waals surface area contributed by atoms with Crippen molar-refractivity contribution in [3.8, 4) is 0 Å². The van der Waals surface area contributed by atoms with E-state index in [0.717, 1.165) is 48.4 Å². The predicted molar refractivity (Wildman–Crippen MR) is 166 cm³/mol. The van der Waals surface area contributed by atoms with Crippen LogP contribution < -0.4 is 26.6 Å². The Morgan fingerprint density at radius 2 is 1.79 bits per heavy atom. The van der Waals surface area contributed by atoms with Crippen molar-refractivity contribution in [1.29, 1.82) is 0 Å². The van der Waals surface area contributed by atoms with Crippen molar-refractivity contribution in [3.05, 3.63) is 56.6 Å². The summed E-state index contributed by atoms with van der Waals surface area (Å²) >= 11 is 0. The lowest BCUT2D eigenvalue weighted by molar-refractivity contribution is -0.393. The molecule has 256 valence electrons. The molecule has 1 aliphatic rings. The molecule has 0 radical (unpaired) electrons. The van der Waals surface area contributed by atoms with Crippen LogP contribution in [-0.4, -0.2) is 94.9 Å². The maximum absolute atomic E-state index is 12.2. The van der Waals surface area contributed by atoms with E-state index >= 15 is 0 Å². The highest BCUT2D eigenvalue weighted by molar-refractivity contribution is 5.82. The summed E-state index contributed by atoms with van der Waals surface area (Å²) in [6.45, 7) is 2.54. The second-order valence-corrected chi connectivity index (χ2v) is 10.6. The lowest BCUT2D eigenvalue weighted by atomic mass is 10.0. The molecule has 1 aliphatic heterocycles. The number of nitrogens with one attached hydrogen (secondary N) is 5. The van der Waals surface area contributed by atoms with Crippen molar-refractivity contribution < 1.29 is 38.5 Å². The van der Waals surface area contributed by atoms with Crippen LogP contribution in [0.4, 0.5) is 26.7 Å². The van der Waals surface area contributed by atoms with Gasteiger partial charge in [-0.2, -0.15) is 0 Å². The predicted octanol–water partition coefficient (Wildman–Crippen LogP) is 1.61. The van der Waals surface area contributed by atoms with Gasteiger partial charge in [0.25, 0.3) is 11.4 Å². The highest BCUT2D eigenvalue weighted by Gasteiger charge is 2.27. The van der Waals surface area contributed by atoms with Gasteiger partial charge in [0.1, 0.15) is 18.6 Å². The lowest BCUT2D eigenvalue weighted by Gasteiger charge is -2.13. The first-order valence-electron chi connectivity index (χ1n) is 15.1. The number of nitro groups is 2. The summed E-state index contributed by atoms with van der Waals surface area (Å²) in [4.78, 5) is 72.2. The van der Waals surface area contributed by atoms with Gasteiger partial charge in [0, 0.05) is 44.2 Å². The summed E-state index contributed by atoms with van der Waals surface area (Å²) < 4.78 is 11.7. The monoisotopic (exact) mass is 661 g/mol. The van der Waals surface area contributed by atoms with Gasteiger partial charge in [-0.15, -0.1) is 0 Å². The zero-order valence-electron chi connectivity index (χ0n) is 25.9. The SMILES string of the molecule is CC1NC(=O)NC1CCCCCC(=O)NCCOCCOC(=O)n1cnc(CCNC(=O)CNc2ccc([N+](=O)[O-])cc2[N+](=O)[O-])c1. The molecule has 19 heteroatoms. The molecule has 2 atom stereocenters. The number of carbonyl (C=O) groups excluding carboxylic acids is 4. The Kier molecular flexibility index (Phi) is 14.3. The van der Waals surface area contributed by atoms with E-state index in [1.165, 1.54) is 12.5 Å². The summed E-state index contributed by atoms with van der Waals surface area (Å²) in [7, 11) is 0. The highest BCUT2D eigenvalue weighted by Crippen LogP contribution is 2.28. The van der Waals surface area contributed by atoms with E-state index in [2.05, 4.69) is 31.6 Å². The highest BCUT2D eigenvalue weighted by atomic mass is 16.6. The Balaban J connectivity index is 1.20. The summed E-state index contributed by atoms with van der Waals surface area (Å²) in [5.74, 6) is -0.544. The second kappa shape index (κ2) is 18.6. The summed E-state index contributed by atoms with van der Waals surface area (Å²) in [6.07, 6.45) is 6.21. The van der Waals surface area contributed by atoms with Crippen LogP contribution in [0.1, 0.15) is 44.7 Å². The normalized spacial score (nSPS) is 15.3. The maximum Gasteiger partial charge on any atom is 0.419 e. The van der Waals surface area contributed by atoms with Gasteiger partial charge in [-0.1, -0.05) is 12.8 Å². The number of rotatable bonds is 20. The summed E-state index contributed by atoms with van der Waals surface area (Å²) in [6, 6.07) is 3.17. The number of aromatic nitrogens is 2. The number of urea groups is 1. The first-order chi connectivity index (χ1) is 22.5. The smallest absolute Gasteiger partial charge is 0.419 e. The molecule has 4 amide bonds. The fourth-order valence-corrected chi connectivity index (χ4v) is 4.60. The molecule has 0 saturated carbocycles. The number of hydrogen-bond donors (Lipinski definition) is 5. The summed E-state index contributed by atoms with van der Waals surface area (Å²) in [5.41, 5.74) is -0.506. The van der Waals surface area contributed by atoms with Gasteiger partial charge in [-0.05, 0) is 25.8 Å². The van der Waals surface area contributed by atoms with Crippen molar-refractivity contribution in [1.82, 2.24) is 30.8 Å². The number of non-ortho nitro benzene ring substituents is 1. The first-order valence-corrected chi connectivity index (χ1v) is 15.1. The number of imidazole rings is 1. The fourth-order valence-electron chi connectivity index (χ4n) is 4.60. The molecule has 2 heterocycles. The van der Waals surface area contributed by atoms with Crippen LogP contribution in [0.15, 0.2) is 30.7 Å². The largest absolute Gasteiger partial charge is 0.446 e. The third-order valence-electron chi connectivity index (χ3n) is 7.10. The number of amides is 4. The van der Waals surface area contributed by atoms with Crippen LogP contribution in [-0.2, 0) is 25.5 Å². The van der Waals surface area contributed by atoms with Crippen LogP contribution in [0.3, 0.4) is 0 Å². The van der Waals surface area contributed by atoms with Crippen LogP contribution in [0.2, 0.25) is 0 Å². The maximum atomic E-state index is 12.2. The molecule has 3 rings (SSSR count). The van der Waals surface area contributed by atoms with E-state index in [9.17, 15) is 39.4 Å². The van der Waals surface area contributed by atoms with Gasteiger partial charge in [0.2, 0.25) is 11.8 Å². The number of anilines is 1. The Hall–Kier alpha value is -5.33. The molecule has 0 spiro atoms. The van der Waals surface area contributed by atoms with Gasteiger partial charge in [-0.25, -0.2) is 19.1 Å². The van der Waals surface area contributed by atoms with Crippen LogP contribution in [0.5, 0.6) is 0 Å². The molecular formula is C28H39N9O10. The molecule has 1 saturated heterocycles. The Morgan fingerprint density at radius 3 is 2.51 bits per heavy atom. The molecule has 19 nitrogen and oxygen atoms in total. The third-order valence-corrected chi connectivity index (χ3v) is 7.10. The second-order valence-electron chi connectivity index (χ2n) is 10.6. The number of benzene rings is 1. The Labute approximate surface area is 269 Å². The zero-order chi connectivity index (χ0) is 34.2. The standard InChI is InChI=1S/C28H39N9O10/c1-19-22(34-27(40)33-19)5-3-2-4-6-25(38)30-11-12-46-13-14-47-28(41)35-17-20(32-18-35)9-10-29-26(39)16-31-23-8-7-21(36(42)43)15-24(23)37(44)45/h7-8,15,17-19,22,31H,2-6,9-14,16H2,1H3,(H,29,39)(H,30,38)(H2,33,34,40). The van der Waals surface area contributed by atoms with Crippen molar-refractivity contribution in [2.24, 2.45) is 0 Å². The average Bonchev–Trinajstić information content (AvgIpc) is 3.64. The molecule has 1 aromatic heterocycles. The van der Waals surface area contributed by atoms with Crippen LogP contribution in [0.25, 0.3) is 0 Å². The molecular weight excluding hydrogens is 622 g/mol. The Morgan fingerprint density at radius 1 is 1.00 bits per heavy atom. The van der Waals surface area contributed by atoms with Gasteiger partial charge in [-0.3, -0.25) is 29.8 Å². The van der Waals surface area contributed by atoms with Crippen molar-refractivity contribution >= 4 is 41.0 Å². The van der Waals surface area contributed by atoms with E-state index in [-0.39, 0.29) is 69.0 Å². The minimum absolute atomic E-state index is 0.00808. The fraction of sp³-hybridized carbons (Fsp3) is 0.536. The number of hydrogen-bond acceptors (Lipinski definition) is 12. The number of nitro benzene ring substituents is 2. The van der Waals surface area contributed by atoms with Gasteiger partial charge < -0.3 is 36.1 Å². The minimum Gasteiger partial charge on any atom is -0.446 e. The molecule has 0 aliphatic carbocycles. The van der Waals surface area contributed by atoms with E-state index in [0.29, 0.717) is 18.7 Å². The van der Waals surface area contributed by atoms with Crippen molar-refractivity contribution in [2.45, 2.75) is 57.5 Å². The number of nitrogens with zero attached hydrogens (tertiary/aromatic N) is 4. The number of unbranched alkanes of at least 4 members (excludes halogenated alkanes) is 2. The zero-order valence-corrected chi connectivity index (χ0v) is 25.9. The molecule has 5 N–H and O–H groups in total. The van der Waals surface area contributed by atoms with Crippen LogP contribution >= 0.6 is 0 Å². The van der Waals surface area contributed by atoms with Gasteiger partial charge in [0.05, 0.1) is 47.4 Å². The summed E-state index contributed by atoms with van der Waals surface area (Å²) in [5, 5.41) is 35.7. The molecule has 2 unspecified atom stereocenters. The quantitative estimate of drug-likeness (QED) is 0.0771. The van der Waals surface area contributed by atoms with Crippen molar-refractivity contribution in [2.75, 3.05) is 44.8 Å². The third kappa shape index (κ3) is 12.5.